The molecule has 0 bridgehead atoms. The zero-order valence-corrected chi connectivity index (χ0v) is 9.66. The monoisotopic (exact) mass is 204 g/mol. The van der Waals surface area contributed by atoms with Gasteiger partial charge in [0.1, 0.15) is 5.84 Å². The largest absolute Gasteiger partial charge is 0.360 e. The molecule has 0 saturated carbocycles. The fourth-order valence-electron chi connectivity index (χ4n) is 1.53. The van der Waals surface area contributed by atoms with E-state index in [1.54, 1.807) is 0 Å². The zero-order valence-electron chi connectivity index (χ0n) is 9.66. The summed E-state index contributed by atoms with van der Waals surface area (Å²) in [6.07, 6.45) is 3.64. The first kappa shape index (κ1) is 11.8. The molecular weight excluding hydrogens is 184 g/mol. The van der Waals surface area contributed by atoms with Gasteiger partial charge >= 0.3 is 0 Å². The molecule has 0 unspecified atom stereocenters. The Kier molecular flexibility index (Phi) is 4.88. The van der Waals surface area contributed by atoms with Crippen molar-refractivity contribution in [1.29, 1.82) is 5.41 Å². The Morgan fingerprint density at radius 3 is 2.47 bits per heavy atom. The van der Waals surface area contributed by atoms with Crippen LogP contribution in [0.15, 0.2) is 30.3 Å². The normalized spacial score (nSPS) is 10.0. The molecule has 82 valence electrons. The first-order valence-electron chi connectivity index (χ1n) is 5.60. The van der Waals surface area contributed by atoms with Crippen LogP contribution in [0.3, 0.4) is 0 Å². The summed E-state index contributed by atoms with van der Waals surface area (Å²) < 4.78 is 0. The van der Waals surface area contributed by atoms with Gasteiger partial charge in [-0.05, 0) is 6.42 Å². The van der Waals surface area contributed by atoms with Gasteiger partial charge < -0.3 is 4.90 Å². The first-order valence-corrected chi connectivity index (χ1v) is 5.60. The number of hydrogen-bond acceptors (Lipinski definition) is 1. The van der Waals surface area contributed by atoms with E-state index < -0.39 is 0 Å². The Bertz CT molecular complexity index is 293. The van der Waals surface area contributed by atoms with Crippen LogP contribution in [0.25, 0.3) is 0 Å². The van der Waals surface area contributed by atoms with Crippen molar-refractivity contribution in [2.24, 2.45) is 0 Å². The van der Waals surface area contributed by atoms with Crippen molar-refractivity contribution in [3.63, 3.8) is 0 Å². The van der Waals surface area contributed by atoms with Crippen LogP contribution in [-0.2, 0) is 0 Å². The Morgan fingerprint density at radius 1 is 1.20 bits per heavy atom. The highest BCUT2D eigenvalue weighted by molar-refractivity contribution is 5.96. The van der Waals surface area contributed by atoms with Crippen LogP contribution in [0.1, 0.15) is 31.7 Å². The third-order valence-corrected chi connectivity index (χ3v) is 2.53. The summed E-state index contributed by atoms with van der Waals surface area (Å²) in [7, 11) is 1.99. The van der Waals surface area contributed by atoms with E-state index in [0.717, 1.165) is 12.1 Å². The van der Waals surface area contributed by atoms with Gasteiger partial charge in [0.15, 0.2) is 0 Å². The van der Waals surface area contributed by atoms with Gasteiger partial charge in [-0.25, -0.2) is 0 Å². The van der Waals surface area contributed by atoms with Gasteiger partial charge in [0.05, 0.1) is 0 Å². The molecule has 1 N–H and O–H groups in total. The molecular formula is C13H20N2. The van der Waals surface area contributed by atoms with Gasteiger partial charge in [0.2, 0.25) is 0 Å². The van der Waals surface area contributed by atoms with E-state index in [0.29, 0.717) is 5.84 Å². The molecule has 0 fully saturated rings. The van der Waals surface area contributed by atoms with E-state index in [4.69, 9.17) is 5.41 Å². The Balaban J connectivity index is 2.46. The average Bonchev–Trinajstić information content (AvgIpc) is 2.29. The predicted molar refractivity (Wildman–Crippen MR) is 65.4 cm³/mol. The van der Waals surface area contributed by atoms with E-state index >= 15 is 0 Å². The van der Waals surface area contributed by atoms with Crippen molar-refractivity contribution in [3.8, 4) is 0 Å². The maximum atomic E-state index is 8.00. The summed E-state index contributed by atoms with van der Waals surface area (Å²) in [6.45, 7) is 3.17. The van der Waals surface area contributed by atoms with Crippen molar-refractivity contribution in [3.05, 3.63) is 35.9 Å². The van der Waals surface area contributed by atoms with Crippen molar-refractivity contribution in [2.45, 2.75) is 26.2 Å². The molecule has 0 atom stereocenters. The van der Waals surface area contributed by atoms with Gasteiger partial charge in [-0.2, -0.15) is 0 Å². The van der Waals surface area contributed by atoms with Crippen LogP contribution in [0, 0.1) is 5.41 Å². The minimum Gasteiger partial charge on any atom is -0.360 e. The van der Waals surface area contributed by atoms with E-state index in [9.17, 15) is 0 Å². The van der Waals surface area contributed by atoms with Crippen molar-refractivity contribution in [1.82, 2.24) is 4.90 Å². The van der Waals surface area contributed by atoms with Crippen LogP contribution >= 0.6 is 0 Å². The number of hydrogen-bond donors (Lipinski definition) is 1. The second kappa shape index (κ2) is 6.23. The molecule has 0 spiro atoms. The van der Waals surface area contributed by atoms with Crippen LogP contribution < -0.4 is 0 Å². The molecule has 0 aliphatic carbocycles. The van der Waals surface area contributed by atoms with Crippen molar-refractivity contribution < 1.29 is 0 Å². The molecule has 0 heterocycles. The van der Waals surface area contributed by atoms with Crippen LogP contribution in [0.5, 0.6) is 0 Å². The van der Waals surface area contributed by atoms with Gasteiger partial charge in [0.25, 0.3) is 0 Å². The Hall–Kier alpha value is -1.31. The van der Waals surface area contributed by atoms with Crippen LogP contribution in [0.2, 0.25) is 0 Å². The van der Waals surface area contributed by atoms with E-state index in [2.05, 4.69) is 6.92 Å². The molecule has 2 nitrogen and oxygen atoms in total. The van der Waals surface area contributed by atoms with Crippen molar-refractivity contribution in [2.75, 3.05) is 13.6 Å². The molecule has 0 amide bonds. The highest BCUT2D eigenvalue weighted by Crippen LogP contribution is 2.04. The first-order chi connectivity index (χ1) is 7.25. The van der Waals surface area contributed by atoms with E-state index in [1.165, 1.54) is 19.3 Å². The van der Waals surface area contributed by atoms with Crippen LogP contribution in [0.4, 0.5) is 0 Å². The molecule has 1 aromatic carbocycles. The summed E-state index contributed by atoms with van der Waals surface area (Å²) in [4.78, 5) is 2.02. The standard InChI is InChI=1S/C13H20N2/c1-3-4-8-11-15(2)13(14)12-9-6-5-7-10-12/h5-7,9-10,14H,3-4,8,11H2,1-2H3. The third kappa shape index (κ3) is 3.74. The SMILES string of the molecule is CCCCCN(C)C(=N)c1ccccc1. The lowest BCUT2D eigenvalue weighted by Crippen LogP contribution is -2.27. The fourth-order valence-corrected chi connectivity index (χ4v) is 1.53. The number of unbranched alkanes of at least 4 members (excludes halogenated alkanes) is 2. The Morgan fingerprint density at radius 2 is 1.87 bits per heavy atom. The maximum Gasteiger partial charge on any atom is 0.127 e. The highest BCUT2D eigenvalue weighted by atomic mass is 15.1. The molecule has 2 heteroatoms. The number of rotatable bonds is 5. The number of nitrogens with one attached hydrogen (secondary N) is 1. The Labute approximate surface area is 92.4 Å². The summed E-state index contributed by atoms with van der Waals surface area (Å²) in [5.41, 5.74) is 0.997. The molecule has 0 aliphatic rings. The summed E-state index contributed by atoms with van der Waals surface area (Å²) in [5.74, 6) is 0.617. The summed E-state index contributed by atoms with van der Waals surface area (Å²) >= 11 is 0. The van der Waals surface area contributed by atoms with Crippen molar-refractivity contribution >= 4 is 5.84 Å². The molecule has 0 aliphatic heterocycles. The van der Waals surface area contributed by atoms with Crippen LogP contribution in [-0.4, -0.2) is 24.3 Å². The van der Waals surface area contributed by atoms with E-state index in [-0.39, 0.29) is 0 Å². The number of amidine groups is 1. The molecule has 0 radical (unpaired) electrons. The summed E-state index contributed by atoms with van der Waals surface area (Å²) in [6, 6.07) is 9.90. The molecule has 0 aromatic heterocycles. The lowest BCUT2D eigenvalue weighted by atomic mass is 10.2. The average molecular weight is 204 g/mol. The molecule has 1 aromatic rings. The van der Waals surface area contributed by atoms with Gasteiger partial charge in [-0.3, -0.25) is 5.41 Å². The molecule has 15 heavy (non-hydrogen) atoms. The minimum atomic E-state index is 0.617. The van der Waals surface area contributed by atoms with Gasteiger partial charge in [-0.1, -0.05) is 50.1 Å². The maximum absolute atomic E-state index is 8.00. The number of nitrogens with zero attached hydrogens (tertiary/aromatic N) is 1. The highest BCUT2D eigenvalue weighted by Gasteiger charge is 2.05. The second-order valence-electron chi connectivity index (χ2n) is 3.84. The minimum absolute atomic E-state index is 0.617. The lowest BCUT2D eigenvalue weighted by Gasteiger charge is -2.19. The lowest BCUT2D eigenvalue weighted by molar-refractivity contribution is 0.474. The summed E-state index contributed by atoms with van der Waals surface area (Å²) in [5, 5.41) is 8.00. The van der Waals surface area contributed by atoms with Gasteiger partial charge in [-0.15, -0.1) is 0 Å². The smallest absolute Gasteiger partial charge is 0.127 e. The molecule has 1 rings (SSSR count). The number of benzene rings is 1. The topological polar surface area (TPSA) is 27.1 Å². The van der Waals surface area contributed by atoms with Gasteiger partial charge in [0, 0.05) is 19.2 Å². The third-order valence-electron chi connectivity index (χ3n) is 2.53. The van der Waals surface area contributed by atoms with E-state index in [1.807, 2.05) is 42.3 Å². The second-order valence-corrected chi connectivity index (χ2v) is 3.84. The quantitative estimate of drug-likeness (QED) is 0.445. The fraction of sp³-hybridized carbons (Fsp3) is 0.462. The predicted octanol–water partition coefficient (Wildman–Crippen LogP) is 3.13. The molecule has 0 saturated heterocycles. The zero-order chi connectivity index (χ0) is 11.1.